The fourth-order valence-electron chi connectivity index (χ4n) is 1.92. The average molecular weight is 267 g/mol. The lowest BCUT2D eigenvalue weighted by atomic mass is 10.1. The van der Waals surface area contributed by atoms with Crippen molar-refractivity contribution in [2.45, 2.75) is 25.7 Å². The van der Waals surface area contributed by atoms with Crippen molar-refractivity contribution in [1.82, 2.24) is 15.2 Å². The standard InChI is InChI=1S/C14H13N5O/c1-8-2-3-9(7-15)6-11(8)16-14(20)13-17-12(18-19-13)10-4-5-10/h2-3,6,10H,4-5H2,1H3,(H,16,20)(H,17,18,19). The van der Waals surface area contributed by atoms with Crippen LogP contribution in [0.2, 0.25) is 0 Å². The van der Waals surface area contributed by atoms with Gasteiger partial charge in [-0.25, -0.2) is 4.98 Å². The summed E-state index contributed by atoms with van der Waals surface area (Å²) in [4.78, 5) is 16.3. The number of aromatic nitrogens is 3. The van der Waals surface area contributed by atoms with E-state index in [4.69, 9.17) is 5.26 Å². The maximum atomic E-state index is 12.1. The Labute approximate surface area is 115 Å². The Balaban J connectivity index is 1.79. The molecule has 100 valence electrons. The molecule has 1 aromatic carbocycles. The van der Waals surface area contributed by atoms with Gasteiger partial charge in [-0.3, -0.25) is 9.89 Å². The zero-order valence-electron chi connectivity index (χ0n) is 11.0. The van der Waals surface area contributed by atoms with Crippen LogP contribution in [0.3, 0.4) is 0 Å². The zero-order valence-corrected chi connectivity index (χ0v) is 11.0. The van der Waals surface area contributed by atoms with Crippen LogP contribution in [-0.2, 0) is 0 Å². The molecule has 2 aromatic rings. The van der Waals surface area contributed by atoms with Crippen molar-refractivity contribution >= 4 is 11.6 Å². The first-order chi connectivity index (χ1) is 9.67. The normalized spacial score (nSPS) is 13.8. The summed E-state index contributed by atoms with van der Waals surface area (Å²) in [6.07, 6.45) is 2.19. The zero-order chi connectivity index (χ0) is 14.1. The van der Waals surface area contributed by atoms with Crippen LogP contribution in [0, 0.1) is 18.3 Å². The Morgan fingerprint density at radius 3 is 3.00 bits per heavy atom. The number of H-pyrrole nitrogens is 1. The molecule has 1 aromatic heterocycles. The summed E-state index contributed by atoms with van der Waals surface area (Å²) >= 11 is 0. The molecule has 1 heterocycles. The minimum absolute atomic E-state index is 0.133. The quantitative estimate of drug-likeness (QED) is 0.890. The van der Waals surface area contributed by atoms with Crippen LogP contribution < -0.4 is 5.32 Å². The van der Waals surface area contributed by atoms with E-state index >= 15 is 0 Å². The number of aromatic amines is 1. The Bertz CT molecular complexity index is 709. The van der Waals surface area contributed by atoms with Gasteiger partial charge in [-0.1, -0.05) is 6.07 Å². The number of nitrogens with one attached hydrogen (secondary N) is 2. The highest BCUT2D eigenvalue weighted by Gasteiger charge is 2.28. The Hall–Kier alpha value is -2.68. The molecule has 0 radical (unpaired) electrons. The van der Waals surface area contributed by atoms with Gasteiger partial charge in [0.15, 0.2) is 0 Å². The Morgan fingerprint density at radius 1 is 1.50 bits per heavy atom. The van der Waals surface area contributed by atoms with Crippen LogP contribution >= 0.6 is 0 Å². The van der Waals surface area contributed by atoms with Gasteiger partial charge >= 0.3 is 0 Å². The van der Waals surface area contributed by atoms with Gasteiger partial charge in [-0.05, 0) is 37.5 Å². The highest BCUT2D eigenvalue weighted by atomic mass is 16.2. The summed E-state index contributed by atoms with van der Waals surface area (Å²) in [5.41, 5.74) is 1.99. The third-order valence-electron chi connectivity index (χ3n) is 3.28. The summed E-state index contributed by atoms with van der Waals surface area (Å²) < 4.78 is 0. The van der Waals surface area contributed by atoms with Gasteiger partial charge in [0.1, 0.15) is 5.82 Å². The minimum Gasteiger partial charge on any atom is -0.319 e. The average Bonchev–Trinajstić information content (AvgIpc) is 3.18. The fraction of sp³-hybridized carbons (Fsp3) is 0.286. The van der Waals surface area contributed by atoms with Crippen molar-refractivity contribution in [3.05, 3.63) is 41.0 Å². The van der Waals surface area contributed by atoms with Gasteiger partial charge in [-0.2, -0.15) is 5.26 Å². The number of nitrogens with zero attached hydrogens (tertiary/aromatic N) is 3. The molecular weight excluding hydrogens is 254 g/mol. The third-order valence-corrected chi connectivity index (χ3v) is 3.28. The number of hydrogen-bond donors (Lipinski definition) is 2. The van der Waals surface area contributed by atoms with Gasteiger partial charge in [0, 0.05) is 11.6 Å². The summed E-state index contributed by atoms with van der Waals surface area (Å²) in [5, 5.41) is 18.4. The van der Waals surface area contributed by atoms with Gasteiger partial charge in [0.2, 0.25) is 5.82 Å². The predicted octanol–water partition coefficient (Wildman–Crippen LogP) is 2.11. The van der Waals surface area contributed by atoms with Crippen molar-refractivity contribution in [2.24, 2.45) is 0 Å². The summed E-state index contributed by atoms with van der Waals surface area (Å²) in [6.45, 7) is 1.87. The molecule has 1 saturated carbocycles. The molecule has 0 unspecified atom stereocenters. The number of benzene rings is 1. The van der Waals surface area contributed by atoms with Crippen molar-refractivity contribution in [3.63, 3.8) is 0 Å². The van der Waals surface area contributed by atoms with E-state index in [1.807, 2.05) is 13.0 Å². The number of carbonyl (C=O) groups is 1. The number of carbonyl (C=O) groups excluding carboxylic acids is 1. The number of anilines is 1. The van der Waals surface area contributed by atoms with Gasteiger partial charge < -0.3 is 5.32 Å². The lowest BCUT2D eigenvalue weighted by molar-refractivity contribution is 0.101. The van der Waals surface area contributed by atoms with Crippen LogP contribution in [0.1, 0.15) is 46.3 Å². The van der Waals surface area contributed by atoms with Crippen molar-refractivity contribution in [2.75, 3.05) is 5.32 Å². The van der Waals surface area contributed by atoms with Gasteiger partial charge in [0.05, 0.1) is 11.6 Å². The molecule has 0 aliphatic heterocycles. The van der Waals surface area contributed by atoms with Crippen molar-refractivity contribution in [1.29, 1.82) is 5.26 Å². The summed E-state index contributed by atoms with van der Waals surface area (Å²) in [7, 11) is 0. The molecule has 1 aliphatic rings. The Kier molecular flexibility index (Phi) is 2.95. The molecule has 1 aliphatic carbocycles. The molecule has 0 atom stereocenters. The summed E-state index contributed by atoms with van der Waals surface area (Å²) in [6, 6.07) is 7.19. The van der Waals surface area contributed by atoms with Crippen LogP contribution in [0.4, 0.5) is 5.69 Å². The second-order valence-corrected chi connectivity index (χ2v) is 4.91. The molecule has 6 nitrogen and oxygen atoms in total. The number of hydrogen-bond acceptors (Lipinski definition) is 4. The first-order valence-electron chi connectivity index (χ1n) is 6.42. The molecule has 20 heavy (non-hydrogen) atoms. The largest absolute Gasteiger partial charge is 0.319 e. The van der Waals surface area contributed by atoms with Crippen LogP contribution in [0.15, 0.2) is 18.2 Å². The van der Waals surface area contributed by atoms with E-state index < -0.39 is 0 Å². The lowest BCUT2D eigenvalue weighted by Crippen LogP contribution is -2.14. The van der Waals surface area contributed by atoms with E-state index in [2.05, 4.69) is 20.5 Å². The van der Waals surface area contributed by atoms with E-state index in [1.54, 1.807) is 18.2 Å². The van der Waals surface area contributed by atoms with Crippen molar-refractivity contribution < 1.29 is 4.79 Å². The number of aryl methyl sites for hydroxylation is 1. The molecule has 6 heteroatoms. The molecular formula is C14H13N5O. The fourth-order valence-corrected chi connectivity index (χ4v) is 1.92. The highest BCUT2D eigenvalue weighted by Crippen LogP contribution is 2.37. The summed E-state index contributed by atoms with van der Waals surface area (Å²) in [5.74, 6) is 0.963. The number of rotatable bonds is 3. The molecule has 1 fully saturated rings. The molecule has 2 N–H and O–H groups in total. The Morgan fingerprint density at radius 2 is 2.30 bits per heavy atom. The van der Waals surface area contributed by atoms with E-state index in [1.165, 1.54) is 0 Å². The van der Waals surface area contributed by atoms with E-state index in [9.17, 15) is 4.79 Å². The highest BCUT2D eigenvalue weighted by molar-refractivity contribution is 6.02. The van der Waals surface area contributed by atoms with E-state index in [-0.39, 0.29) is 11.7 Å². The molecule has 1 amide bonds. The van der Waals surface area contributed by atoms with Crippen molar-refractivity contribution in [3.8, 4) is 6.07 Å². The minimum atomic E-state index is -0.369. The van der Waals surface area contributed by atoms with Crippen LogP contribution in [0.5, 0.6) is 0 Å². The first-order valence-corrected chi connectivity index (χ1v) is 6.42. The smallest absolute Gasteiger partial charge is 0.295 e. The van der Waals surface area contributed by atoms with E-state index in [0.29, 0.717) is 17.2 Å². The molecule has 0 bridgehead atoms. The maximum Gasteiger partial charge on any atom is 0.295 e. The SMILES string of the molecule is Cc1ccc(C#N)cc1NC(=O)c1n[nH]c(C2CC2)n1. The maximum absolute atomic E-state index is 12.1. The van der Waals surface area contributed by atoms with Crippen LogP contribution in [0.25, 0.3) is 0 Å². The second-order valence-electron chi connectivity index (χ2n) is 4.91. The second kappa shape index (κ2) is 4.78. The predicted molar refractivity (Wildman–Crippen MR) is 72.2 cm³/mol. The molecule has 3 rings (SSSR count). The number of amides is 1. The van der Waals surface area contributed by atoms with Gasteiger partial charge in [-0.15, -0.1) is 5.10 Å². The monoisotopic (exact) mass is 267 g/mol. The lowest BCUT2D eigenvalue weighted by Gasteiger charge is -2.06. The van der Waals surface area contributed by atoms with E-state index in [0.717, 1.165) is 24.2 Å². The topological polar surface area (TPSA) is 94.5 Å². The van der Waals surface area contributed by atoms with Crippen LogP contribution in [-0.4, -0.2) is 21.1 Å². The third kappa shape index (κ3) is 2.38. The first kappa shape index (κ1) is 12.4. The van der Waals surface area contributed by atoms with Gasteiger partial charge in [0.25, 0.3) is 5.91 Å². The number of nitriles is 1. The molecule has 0 saturated heterocycles. The molecule has 0 spiro atoms.